The largest absolute Gasteiger partial charge is 0.367 e. The monoisotopic (exact) mass is 395 g/mol. The molecule has 2 saturated heterocycles. The van der Waals surface area contributed by atoms with Crippen LogP contribution in [-0.2, 0) is 10.3 Å². The van der Waals surface area contributed by atoms with Crippen molar-refractivity contribution in [2.45, 2.75) is 25.4 Å². The quantitative estimate of drug-likeness (QED) is 0.584. The summed E-state index contributed by atoms with van der Waals surface area (Å²) in [7, 11) is 0. The van der Waals surface area contributed by atoms with Crippen LogP contribution >= 0.6 is 0 Å². The number of carbonyl (C=O) groups excluding carboxylic acids is 1. The van der Waals surface area contributed by atoms with E-state index in [0.29, 0.717) is 32.8 Å². The second-order valence-corrected chi connectivity index (χ2v) is 7.82. The fraction of sp³-hybridized carbons (Fsp3) is 0.409. The van der Waals surface area contributed by atoms with Gasteiger partial charge in [0.1, 0.15) is 11.2 Å². The van der Waals surface area contributed by atoms with E-state index in [1.807, 2.05) is 30.3 Å². The van der Waals surface area contributed by atoms with Gasteiger partial charge in [-0.25, -0.2) is 0 Å². The van der Waals surface area contributed by atoms with Gasteiger partial charge < -0.3 is 14.5 Å². The van der Waals surface area contributed by atoms with Crippen molar-refractivity contribution in [2.75, 3.05) is 37.7 Å². The highest BCUT2D eigenvalue weighted by Gasteiger charge is 2.35. The van der Waals surface area contributed by atoms with Crippen LogP contribution in [0.4, 0.5) is 11.4 Å². The first-order valence-electron chi connectivity index (χ1n) is 10.0. The van der Waals surface area contributed by atoms with Crippen molar-refractivity contribution >= 4 is 17.3 Å². The Labute approximate surface area is 170 Å². The van der Waals surface area contributed by atoms with Crippen molar-refractivity contribution < 1.29 is 14.5 Å². The molecule has 1 unspecified atom stereocenters. The third kappa shape index (κ3) is 3.82. The molecule has 0 spiro atoms. The fourth-order valence-corrected chi connectivity index (χ4v) is 4.20. The Balaban J connectivity index is 1.65. The summed E-state index contributed by atoms with van der Waals surface area (Å²) >= 11 is 0. The number of nitro benzene ring substituents is 1. The van der Waals surface area contributed by atoms with Crippen LogP contribution in [0.2, 0.25) is 0 Å². The maximum absolute atomic E-state index is 12.9. The number of nitrogens with zero attached hydrogens (tertiary/aromatic N) is 3. The van der Waals surface area contributed by atoms with Gasteiger partial charge in [0.25, 0.3) is 11.6 Å². The zero-order valence-corrected chi connectivity index (χ0v) is 16.5. The summed E-state index contributed by atoms with van der Waals surface area (Å²) in [5.41, 5.74) is 1.44. The summed E-state index contributed by atoms with van der Waals surface area (Å²) in [6, 6.07) is 14.9. The molecule has 0 bridgehead atoms. The van der Waals surface area contributed by atoms with Gasteiger partial charge in [-0.15, -0.1) is 0 Å². The van der Waals surface area contributed by atoms with Gasteiger partial charge in [-0.05, 0) is 37.5 Å². The number of hydrogen-bond donors (Lipinski definition) is 0. The molecule has 0 N–H and O–H groups in total. The molecule has 0 radical (unpaired) electrons. The first kappa shape index (κ1) is 19.4. The lowest BCUT2D eigenvalue weighted by Crippen LogP contribution is -2.48. The van der Waals surface area contributed by atoms with Gasteiger partial charge in [0.05, 0.1) is 18.1 Å². The van der Waals surface area contributed by atoms with E-state index < -0.39 is 10.5 Å². The van der Waals surface area contributed by atoms with E-state index in [1.54, 1.807) is 17.0 Å². The minimum Gasteiger partial charge on any atom is -0.367 e. The fourth-order valence-electron chi connectivity index (χ4n) is 4.20. The highest BCUT2D eigenvalue weighted by molar-refractivity contribution is 5.99. The van der Waals surface area contributed by atoms with E-state index in [0.717, 1.165) is 24.1 Å². The van der Waals surface area contributed by atoms with Gasteiger partial charge in [-0.2, -0.15) is 0 Å². The van der Waals surface area contributed by atoms with E-state index in [9.17, 15) is 14.9 Å². The second kappa shape index (κ2) is 7.83. The lowest BCUT2D eigenvalue weighted by molar-refractivity contribution is -0.385. The SMILES string of the molecule is CC1(c2ccccc2)CN(c2ccc([N+](=O)[O-])c(C(=O)N3CCCC3)c2)CCO1. The van der Waals surface area contributed by atoms with E-state index in [-0.39, 0.29) is 17.2 Å². The average molecular weight is 395 g/mol. The molecule has 2 aromatic carbocycles. The number of carbonyl (C=O) groups is 1. The summed E-state index contributed by atoms with van der Waals surface area (Å²) in [4.78, 5) is 27.8. The Morgan fingerprint density at radius 3 is 2.52 bits per heavy atom. The zero-order valence-electron chi connectivity index (χ0n) is 16.5. The molecule has 7 nitrogen and oxygen atoms in total. The number of morpholine rings is 1. The Hall–Kier alpha value is -2.93. The van der Waals surface area contributed by atoms with Crippen LogP contribution in [-0.4, -0.2) is 48.5 Å². The highest BCUT2D eigenvalue weighted by atomic mass is 16.6. The number of rotatable bonds is 4. The Morgan fingerprint density at radius 1 is 1.10 bits per heavy atom. The number of nitro groups is 1. The van der Waals surface area contributed by atoms with E-state index >= 15 is 0 Å². The van der Waals surface area contributed by atoms with Crippen molar-refractivity contribution in [3.05, 3.63) is 69.8 Å². The molecule has 152 valence electrons. The predicted octanol–water partition coefficient (Wildman–Crippen LogP) is 3.58. The van der Waals surface area contributed by atoms with Crippen LogP contribution in [0.15, 0.2) is 48.5 Å². The summed E-state index contributed by atoms with van der Waals surface area (Å²) in [5.74, 6) is -0.255. The van der Waals surface area contributed by atoms with Crippen molar-refractivity contribution in [3.63, 3.8) is 0 Å². The molecule has 0 saturated carbocycles. The maximum atomic E-state index is 12.9. The van der Waals surface area contributed by atoms with E-state index in [1.165, 1.54) is 6.07 Å². The molecule has 4 rings (SSSR count). The molecule has 2 heterocycles. The maximum Gasteiger partial charge on any atom is 0.282 e. The van der Waals surface area contributed by atoms with Crippen LogP contribution in [0.25, 0.3) is 0 Å². The molecular formula is C22H25N3O4. The standard InChI is InChI=1S/C22H25N3O4/c1-22(17-7-3-2-4-8-17)16-24(13-14-29-22)18-9-10-20(25(27)28)19(15-18)21(26)23-11-5-6-12-23/h2-4,7-10,15H,5-6,11-14,16H2,1H3. The number of ether oxygens (including phenoxy) is 1. The highest BCUT2D eigenvalue weighted by Crippen LogP contribution is 2.34. The number of likely N-dealkylation sites (tertiary alicyclic amines) is 1. The average Bonchev–Trinajstić information content (AvgIpc) is 3.28. The first-order chi connectivity index (χ1) is 14.0. The van der Waals surface area contributed by atoms with Crippen LogP contribution in [0, 0.1) is 10.1 Å². The summed E-state index contributed by atoms with van der Waals surface area (Å²) < 4.78 is 6.10. The van der Waals surface area contributed by atoms with Gasteiger partial charge in [0.15, 0.2) is 0 Å². The molecule has 2 aliphatic rings. The molecule has 0 aromatic heterocycles. The van der Waals surface area contributed by atoms with Crippen LogP contribution in [0.3, 0.4) is 0 Å². The van der Waals surface area contributed by atoms with Crippen LogP contribution in [0.1, 0.15) is 35.7 Å². The lowest BCUT2D eigenvalue weighted by Gasteiger charge is -2.42. The smallest absolute Gasteiger partial charge is 0.282 e. The third-order valence-electron chi connectivity index (χ3n) is 5.82. The molecular weight excluding hydrogens is 370 g/mol. The van der Waals surface area contributed by atoms with Crippen molar-refractivity contribution in [1.82, 2.24) is 4.90 Å². The number of anilines is 1. The lowest BCUT2D eigenvalue weighted by atomic mass is 9.93. The first-order valence-corrected chi connectivity index (χ1v) is 10.0. The summed E-state index contributed by atoms with van der Waals surface area (Å²) in [6.07, 6.45) is 1.89. The molecule has 2 aliphatic heterocycles. The zero-order chi connectivity index (χ0) is 20.4. The van der Waals surface area contributed by atoms with Gasteiger partial charge in [-0.1, -0.05) is 30.3 Å². The molecule has 2 fully saturated rings. The molecule has 2 aromatic rings. The van der Waals surface area contributed by atoms with Crippen molar-refractivity contribution in [2.24, 2.45) is 0 Å². The second-order valence-electron chi connectivity index (χ2n) is 7.82. The Morgan fingerprint density at radius 2 is 1.83 bits per heavy atom. The van der Waals surface area contributed by atoms with Crippen LogP contribution in [0.5, 0.6) is 0 Å². The van der Waals surface area contributed by atoms with E-state index in [2.05, 4.69) is 11.8 Å². The summed E-state index contributed by atoms with van der Waals surface area (Å²) in [5, 5.41) is 11.5. The number of amides is 1. The van der Waals surface area contributed by atoms with Gasteiger partial charge in [0.2, 0.25) is 0 Å². The molecule has 29 heavy (non-hydrogen) atoms. The molecule has 0 aliphatic carbocycles. The topological polar surface area (TPSA) is 75.9 Å². The molecule has 1 amide bonds. The van der Waals surface area contributed by atoms with Gasteiger partial charge in [0, 0.05) is 31.4 Å². The molecule has 1 atom stereocenters. The Kier molecular flexibility index (Phi) is 5.24. The number of benzene rings is 2. The normalized spacial score (nSPS) is 22.0. The minimum absolute atomic E-state index is 0.135. The van der Waals surface area contributed by atoms with Crippen molar-refractivity contribution in [1.29, 1.82) is 0 Å². The van der Waals surface area contributed by atoms with Crippen molar-refractivity contribution in [3.8, 4) is 0 Å². The number of hydrogen-bond acceptors (Lipinski definition) is 5. The summed E-state index contributed by atoms with van der Waals surface area (Å²) in [6.45, 7) is 5.17. The minimum atomic E-state index is -0.486. The van der Waals surface area contributed by atoms with Crippen LogP contribution < -0.4 is 4.90 Å². The predicted molar refractivity (Wildman–Crippen MR) is 110 cm³/mol. The van der Waals surface area contributed by atoms with Gasteiger partial charge in [-0.3, -0.25) is 14.9 Å². The van der Waals surface area contributed by atoms with E-state index in [4.69, 9.17) is 4.74 Å². The third-order valence-corrected chi connectivity index (χ3v) is 5.82. The Bertz CT molecular complexity index is 912. The van der Waals surface area contributed by atoms with Gasteiger partial charge >= 0.3 is 0 Å². The molecule has 7 heteroatoms.